The Hall–Kier alpha value is -0.880. The van der Waals surface area contributed by atoms with Crippen molar-refractivity contribution in [2.75, 3.05) is 0 Å². The first kappa shape index (κ1) is 15.2. The second kappa shape index (κ2) is 6.33. The van der Waals surface area contributed by atoms with Crippen LogP contribution in [0, 0.1) is 5.92 Å². The van der Waals surface area contributed by atoms with Gasteiger partial charge in [0.2, 0.25) is 5.91 Å². The lowest BCUT2D eigenvalue weighted by molar-refractivity contribution is -0.120. The molecule has 3 N–H and O–H groups in total. The molecule has 0 aromatic heterocycles. The number of benzene rings is 1. The number of carbonyl (C=O) groups excluding carboxylic acids is 2. The summed E-state index contributed by atoms with van der Waals surface area (Å²) >= 11 is 6.61. The molecule has 1 aromatic carbocycles. The van der Waals surface area contributed by atoms with E-state index >= 15 is 0 Å². The quantitative estimate of drug-likeness (QED) is 0.845. The van der Waals surface area contributed by atoms with Gasteiger partial charge in [-0.25, -0.2) is 0 Å². The van der Waals surface area contributed by atoms with E-state index in [1.54, 1.807) is 12.1 Å². The van der Waals surface area contributed by atoms with Crippen LogP contribution < -0.4 is 11.1 Å². The molecule has 2 amide bonds. The molecular formula is C12H14Br2N2O2. The molecule has 0 heterocycles. The van der Waals surface area contributed by atoms with Gasteiger partial charge in [0.05, 0.1) is 0 Å². The van der Waals surface area contributed by atoms with Crippen LogP contribution in [0.25, 0.3) is 0 Å². The number of carbonyl (C=O) groups is 2. The molecule has 0 aliphatic rings. The van der Waals surface area contributed by atoms with Crippen molar-refractivity contribution in [2.45, 2.75) is 19.9 Å². The summed E-state index contributed by atoms with van der Waals surface area (Å²) in [7, 11) is 0. The zero-order valence-corrected chi connectivity index (χ0v) is 13.2. The summed E-state index contributed by atoms with van der Waals surface area (Å²) in [6.45, 7) is 3.65. The number of rotatable bonds is 4. The van der Waals surface area contributed by atoms with Gasteiger partial charge in [0, 0.05) is 14.5 Å². The Labute approximate surface area is 123 Å². The molecule has 0 saturated carbocycles. The smallest absolute Gasteiger partial charge is 0.252 e. The van der Waals surface area contributed by atoms with E-state index in [9.17, 15) is 9.59 Å². The molecule has 0 aliphatic heterocycles. The van der Waals surface area contributed by atoms with Gasteiger partial charge in [-0.1, -0.05) is 45.7 Å². The van der Waals surface area contributed by atoms with Gasteiger partial charge in [0.25, 0.3) is 5.91 Å². The van der Waals surface area contributed by atoms with Gasteiger partial charge < -0.3 is 11.1 Å². The predicted molar refractivity (Wildman–Crippen MR) is 77.1 cm³/mol. The van der Waals surface area contributed by atoms with E-state index in [1.165, 1.54) is 0 Å². The maximum absolute atomic E-state index is 12.0. The predicted octanol–water partition coefficient (Wildman–Crippen LogP) is 2.45. The van der Waals surface area contributed by atoms with Gasteiger partial charge in [0.15, 0.2) is 0 Å². The number of nitrogens with two attached hydrogens (primary N) is 1. The molecule has 1 rings (SSSR count). The van der Waals surface area contributed by atoms with Gasteiger partial charge >= 0.3 is 0 Å². The molecule has 1 aromatic rings. The van der Waals surface area contributed by atoms with E-state index < -0.39 is 11.9 Å². The van der Waals surface area contributed by atoms with Crippen LogP contribution in [0.2, 0.25) is 0 Å². The fourth-order valence-electron chi connectivity index (χ4n) is 1.48. The maximum atomic E-state index is 12.0. The van der Waals surface area contributed by atoms with Crippen molar-refractivity contribution >= 4 is 43.7 Å². The van der Waals surface area contributed by atoms with E-state index in [0.29, 0.717) is 5.56 Å². The minimum atomic E-state index is -0.671. The molecular weight excluding hydrogens is 364 g/mol. The third-order valence-electron chi connectivity index (χ3n) is 2.38. The van der Waals surface area contributed by atoms with Crippen molar-refractivity contribution < 1.29 is 9.59 Å². The van der Waals surface area contributed by atoms with Crippen LogP contribution >= 0.6 is 31.9 Å². The Morgan fingerprint density at radius 3 is 2.06 bits per heavy atom. The van der Waals surface area contributed by atoms with Crippen LogP contribution in [0.5, 0.6) is 0 Å². The zero-order valence-electron chi connectivity index (χ0n) is 10.0. The van der Waals surface area contributed by atoms with E-state index in [-0.39, 0.29) is 11.8 Å². The molecule has 98 valence electrons. The average molecular weight is 378 g/mol. The summed E-state index contributed by atoms with van der Waals surface area (Å²) in [5.74, 6) is -0.913. The van der Waals surface area contributed by atoms with Crippen molar-refractivity contribution in [1.82, 2.24) is 5.32 Å². The summed E-state index contributed by atoms with van der Waals surface area (Å²) in [5, 5.41) is 2.63. The summed E-state index contributed by atoms with van der Waals surface area (Å²) in [6, 6.07) is 4.51. The Kier molecular flexibility index (Phi) is 5.34. The van der Waals surface area contributed by atoms with E-state index in [1.807, 2.05) is 19.9 Å². The third-order valence-corrected chi connectivity index (χ3v) is 3.30. The van der Waals surface area contributed by atoms with E-state index in [4.69, 9.17) is 5.73 Å². The van der Waals surface area contributed by atoms with Gasteiger partial charge in [0.1, 0.15) is 6.04 Å². The summed E-state index contributed by atoms with van der Waals surface area (Å²) < 4.78 is 1.56. The second-order valence-corrected chi connectivity index (χ2v) is 6.09. The first-order chi connectivity index (χ1) is 8.31. The molecule has 1 atom stereocenters. The molecule has 0 bridgehead atoms. The van der Waals surface area contributed by atoms with E-state index in [2.05, 4.69) is 37.2 Å². The van der Waals surface area contributed by atoms with Gasteiger partial charge in [-0.15, -0.1) is 0 Å². The van der Waals surface area contributed by atoms with Crippen LogP contribution in [0.3, 0.4) is 0 Å². The molecule has 0 fully saturated rings. The molecule has 0 radical (unpaired) electrons. The van der Waals surface area contributed by atoms with Crippen molar-refractivity contribution in [3.63, 3.8) is 0 Å². The summed E-state index contributed by atoms with van der Waals surface area (Å²) in [6.07, 6.45) is 0. The lowest BCUT2D eigenvalue weighted by Crippen LogP contribution is -2.47. The molecule has 1 unspecified atom stereocenters. The number of nitrogens with one attached hydrogen (secondary N) is 1. The highest BCUT2D eigenvalue weighted by molar-refractivity contribution is 9.11. The highest BCUT2D eigenvalue weighted by atomic mass is 79.9. The minimum absolute atomic E-state index is 0.0537. The van der Waals surface area contributed by atoms with Crippen LogP contribution in [0.4, 0.5) is 0 Å². The number of amides is 2. The maximum Gasteiger partial charge on any atom is 0.252 e. The first-order valence-electron chi connectivity index (χ1n) is 5.37. The highest BCUT2D eigenvalue weighted by Gasteiger charge is 2.22. The fraction of sp³-hybridized carbons (Fsp3) is 0.333. The molecule has 18 heavy (non-hydrogen) atoms. The SMILES string of the molecule is CC(C)C(NC(=O)c1cc(Br)cc(Br)c1)C(N)=O. The number of hydrogen-bond donors (Lipinski definition) is 2. The Bertz CT molecular complexity index is 455. The van der Waals surface area contributed by atoms with Gasteiger partial charge in [-0.2, -0.15) is 0 Å². The Morgan fingerprint density at radius 2 is 1.67 bits per heavy atom. The number of hydrogen-bond acceptors (Lipinski definition) is 2. The Balaban J connectivity index is 2.90. The highest BCUT2D eigenvalue weighted by Crippen LogP contribution is 2.20. The second-order valence-electron chi connectivity index (χ2n) is 4.26. The number of halogens is 2. The molecule has 0 aliphatic carbocycles. The third kappa shape index (κ3) is 4.10. The molecule has 0 spiro atoms. The van der Waals surface area contributed by atoms with Crippen molar-refractivity contribution in [3.8, 4) is 0 Å². The molecule has 6 heteroatoms. The molecule has 4 nitrogen and oxygen atoms in total. The zero-order chi connectivity index (χ0) is 13.9. The normalized spacial score (nSPS) is 12.3. The van der Waals surface area contributed by atoms with E-state index in [0.717, 1.165) is 8.95 Å². The summed E-state index contributed by atoms with van der Waals surface area (Å²) in [5.41, 5.74) is 5.71. The molecule has 0 saturated heterocycles. The lowest BCUT2D eigenvalue weighted by atomic mass is 10.0. The van der Waals surface area contributed by atoms with Crippen LogP contribution in [-0.4, -0.2) is 17.9 Å². The van der Waals surface area contributed by atoms with Gasteiger partial charge in [-0.05, 0) is 24.1 Å². The van der Waals surface area contributed by atoms with Crippen molar-refractivity contribution in [2.24, 2.45) is 11.7 Å². The first-order valence-corrected chi connectivity index (χ1v) is 6.96. The standard InChI is InChI=1S/C12H14Br2N2O2/c1-6(2)10(11(15)17)16-12(18)7-3-8(13)5-9(14)4-7/h3-6,10H,1-2H3,(H2,15,17)(H,16,18). The largest absolute Gasteiger partial charge is 0.368 e. The van der Waals surface area contributed by atoms with Crippen molar-refractivity contribution in [1.29, 1.82) is 0 Å². The topological polar surface area (TPSA) is 72.2 Å². The van der Waals surface area contributed by atoms with Crippen molar-refractivity contribution in [3.05, 3.63) is 32.7 Å². The van der Waals surface area contributed by atoms with Crippen LogP contribution in [-0.2, 0) is 4.79 Å². The average Bonchev–Trinajstić information content (AvgIpc) is 2.23. The Morgan fingerprint density at radius 1 is 1.17 bits per heavy atom. The number of primary amides is 1. The van der Waals surface area contributed by atoms with Gasteiger partial charge in [-0.3, -0.25) is 9.59 Å². The monoisotopic (exact) mass is 376 g/mol. The summed E-state index contributed by atoms with van der Waals surface area (Å²) in [4.78, 5) is 23.2. The van der Waals surface area contributed by atoms with Crippen LogP contribution in [0.1, 0.15) is 24.2 Å². The minimum Gasteiger partial charge on any atom is -0.368 e. The fourth-order valence-corrected chi connectivity index (χ4v) is 2.77. The van der Waals surface area contributed by atoms with Crippen LogP contribution in [0.15, 0.2) is 27.1 Å². The lowest BCUT2D eigenvalue weighted by Gasteiger charge is -2.19.